The van der Waals surface area contributed by atoms with Crippen LogP contribution in [0.25, 0.3) is 0 Å². The lowest BCUT2D eigenvalue weighted by Crippen LogP contribution is -2.50. The summed E-state index contributed by atoms with van der Waals surface area (Å²) < 4.78 is 0. The van der Waals surface area contributed by atoms with E-state index in [2.05, 4.69) is 17.1 Å². The van der Waals surface area contributed by atoms with Crippen molar-refractivity contribution < 1.29 is 9.59 Å². The molecule has 2 amide bonds. The van der Waals surface area contributed by atoms with E-state index in [0.29, 0.717) is 13.0 Å². The Morgan fingerprint density at radius 3 is 2.28 bits per heavy atom. The number of carbonyl (C=O) groups excluding carboxylic acids is 2. The monoisotopic (exact) mass is 345 g/mol. The van der Waals surface area contributed by atoms with Crippen LogP contribution in [0.3, 0.4) is 0 Å². The van der Waals surface area contributed by atoms with E-state index in [9.17, 15) is 9.59 Å². The second-order valence-corrected chi connectivity index (χ2v) is 6.93. The maximum atomic E-state index is 12.3. The average molecular weight is 345 g/mol. The quantitative estimate of drug-likeness (QED) is 0.773. The van der Waals surface area contributed by atoms with Gasteiger partial charge in [0.15, 0.2) is 0 Å². The number of hydrogen-bond donors (Lipinski definition) is 1. The number of benzene rings is 1. The Hall–Kier alpha value is -1.88. The van der Waals surface area contributed by atoms with E-state index in [4.69, 9.17) is 0 Å². The molecule has 1 saturated heterocycles. The van der Waals surface area contributed by atoms with E-state index in [1.54, 1.807) is 0 Å². The highest BCUT2D eigenvalue weighted by Gasteiger charge is 2.22. The fourth-order valence-corrected chi connectivity index (χ4v) is 3.23. The van der Waals surface area contributed by atoms with Crippen molar-refractivity contribution in [3.8, 4) is 0 Å². The number of amides is 2. The molecule has 1 aromatic rings. The van der Waals surface area contributed by atoms with Crippen molar-refractivity contribution in [3.05, 3.63) is 29.3 Å². The summed E-state index contributed by atoms with van der Waals surface area (Å²) in [5.74, 6) is 0.271. The maximum Gasteiger partial charge on any atom is 0.238 e. The van der Waals surface area contributed by atoms with E-state index in [1.807, 2.05) is 36.9 Å². The molecule has 0 aliphatic carbocycles. The zero-order valence-electron chi connectivity index (χ0n) is 15.8. The Morgan fingerprint density at radius 2 is 1.68 bits per heavy atom. The zero-order valence-corrected chi connectivity index (χ0v) is 15.8. The van der Waals surface area contributed by atoms with Crippen LogP contribution in [0.5, 0.6) is 0 Å². The van der Waals surface area contributed by atoms with Gasteiger partial charge in [-0.1, -0.05) is 38.0 Å². The van der Waals surface area contributed by atoms with Crippen molar-refractivity contribution in [2.45, 2.75) is 46.5 Å². The molecule has 0 spiro atoms. The van der Waals surface area contributed by atoms with Crippen LogP contribution in [0.4, 0.5) is 5.69 Å². The minimum Gasteiger partial charge on any atom is -0.340 e. The lowest BCUT2D eigenvalue weighted by Gasteiger charge is -2.34. The average Bonchev–Trinajstić information content (AvgIpc) is 2.59. The number of unbranched alkanes of at least 4 members (excludes halogenated alkanes) is 2. The van der Waals surface area contributed by atoms with Gasteiger partial charge in [-0.2, -0.15) is 0 Å². The Labute approximate surface area is 151 Å². The smallest absolute Gasteiger partial charge is 0.238 e. The van der Waals surface area contributed by atoms with Gasteiger partial charge in [-0.25, -0.2) is 0 Å². The third-order valence-corrected chi connectivity index (χ3v) is 4.83. The molecule has 1 aliphatic heterocycles. The number of piperazine rings is 1. The highest BCUT2D eigenvalue weighted by molar-refractivity contribution is 5.93. The first-order valence-electron chi connectivity index (χ1n) is 9.37. The second kappa shape index (κ2) is 9.56. The Morgan fingerprint density at radius 1 is 1.04 bits per heavy atom. The number of aryl methyl sites for hydroxylation is 2. The number of nitrogens with one attached hydrogen (secondary N) is 1. The number of hydrogen-bond acceptors (Lipinski definition) is 3. The summed E-state index contributed by atoms with van der Waals surface area (Å²) in [6.07, 6.45) is 3.88. The summed E-state index contributed by atoms with van der Waals surface area (Å²) in [6, 6.07) is 6.01. The molecule has 25 heavy (non-hydrogen) atoms. The van der Waals surface area contributed by atoms with Gasteiger partial charge in [0.2, 0.25) is 11.8 Å². The molecule has 1 aliphatic rings. The number of rotatable bonds is 7. The normalized spacial score (nSPS) is 15.2. The molecule has 0 radical (unpaired) electrons. The summed E-state index contributed by atoms with van der Waals surface area (Å²) in [4.78, 5) is 28.6. The minimum absolute atomic E-state index is 0.0140. The van der Waals surface area contributed by atoms with Gasteiger partial charge in [0.1, 0.15) is 0 Å². The van der Waals surface area contributed by atoms with Crippen molar-refractivity contribution in [2.75, 3.05) is 38.0 Å². The predicted octanol–water partition coefficient (Wildman–Crippen LogP) is 2.97. The second-order valence-electron chi connectivity index (χ2n) is 6.93. The lowest BCUT2D eigenvalue weighted by atomic mass is 10.1. The van der Waals surface area contributed by atoms with Crippen molar-refractivity contribution in [2.24, 2.45) is 0 Å². The van der Waals surface area contributed by atoms with E-state index >= 15 is 0 Å². The van der Waals surface area contributed by atoms with Gasteiger partial charge in [-0.15, -0.1) is 0 Å². The topological polar surface area (TPSA) is 52.7 Å². The number of nitrogens with zero attached hydrogens (tertiary/aromatic N) is 2. The summed E-state index contributed by atoms with van der Waals surface area (Å²) in [7, 11) is 0. The molecule has 2 rings (SSSR count). The minimum atomic E-state index is 0.0140. The first-order chi connectivity index (χ1) is 12.0. The van der Waals surface area contributed by atoms with Crippen molar-refractivity contribution in [1.29, 1.82) is 0 Å². The van der Waals surface area contributed by atoms with Crippen LogP contribution in [0.15, 0.2) is 18.2 Å². The van der Waals surface area contributed by atoms with Gasteiger partial charge in [0.05, 0.1) is 6.54 Å². The third-order valence-electron chi connectivity index (χ3n) is 4.83. The van der Waals surface area contributed by atoms with Crippen LogP contribution < -0.4 is 5.32 Å². The first-order valence-corrected chi connectivity index (χ1v) is 9.37. The van der Waals surface area contributed by atoms with Gasteiger partial charge in [0.25, 0.3) is 0 Å². The number of carbonyl (C=O) groups is 2. The molecule has 138 valence electrons. The molecule has 1 N–H and O–H groups in total. The van der Waals surface area contributed by atoms with E-state index in [1.165, 1.54) is 0 Å². The molecule has 1 fully saturated rings. The molecular weight excluding hydrogens is 314 g/mol. The molecular formula is C20H31N3O2. The van der Waals surface area contributed by atoms with Gasteiger partial charge < -0.3 is 10.2 Å². The Kier molecular flexibility index (Phi) is 7.44. The Balaban J connectivity index is 1.76. The standard InChI is InChI=1S/C20H31N3O2/c1-4-5-6-10-19(25)23-13-11-22(12-14-23)15-18(24)21-20-16(2)8-7-9-17(20)3/h7-9H,4-6,10-15H2,1-3H3,(H,21,24). The summed E-state index contributed by atoms with van der Waals surface area (Å²) in [5, 5.41) is 3.03. The molecule has 5 nitrogen and oxygen atoms in total. The fraction of sp³-hybridized carbons (Fsp3) is 0.600. The van der Waals surface area contributed by atoms with E-state index < -0.39 is 0 Å². The molecule has 5 heteroatoms. The maximum absolute atomic E-state index is 12.3. The van der Waals surface area contributed by atoms with E-state index in [0.717, 1.165) is 62.3 Å². The number of para-hydroxylation sites is 1. The molecule has 0 atom stereocenters. The van der Waals surface area contributed by atoms with Crippen LogP contribution in [0.1, 0.15) is 43.7 Å². The largest absolute Gasteiger partial charge is 0.340 e. The van der Waals surface area contributed by atoms with Crippen molar-refractivity contribution in [3.63, 3.8) is 0 Å². The SMILES string of the molecule is CCCCCC(=O)N1CCN(CC(=O)Nc2c(C)cccc2C)CC1. The van der Waals surface area contributed by atoms with Crippen LogP contribution in [-0.4, -0.2) is 54.3 Å². The summed E-state index contributed by atoms with van der Waals surface area (Å²) in [6.45, 7) is 9.51. The highest BCUT2D eigenvalue weighted by atomic mass is 16.2. The molecule has 0 bridgehead atoms. The molecule has 0 unspecified atom stereocenters. The molecule has 1 heterocycles. The van der Waals surface area contributed by atoms with Crippen molar-refractivity contribution >= 4 is 17.5 Å². The van der Waals surface area contributed by atoms with Gasteiger partial charge in [0, 0.05) is 38.3 Å². The van der Waals surface area contributed by atoms with Gasteiger partial charge >= 0.3 is 0 Å². The third kappa shape index (κ3) is 5.85. The molecule has 0 aromatic heterocycles. The number of anilines is 1. The van der Waals surface area contributed by atoms with E-state index in [-0.39, 0.29) is 11.8 Å². The Bertz CT molecular complexity index is 572. The molecule has 0 saturated carbocycles. The van der Waals surface area contributed by atoms with Crippen LogP contribution in [-0.2, 0) is 9.59 Å². The van der Waals surface area contributed by atoms with Gasteiger partial charge in [-0.3, -0.25) is 14.5 Å². The summed E-state index contributed by atoms with van der Waals surface area (Å²) >= 11 is 0. The predicted molar refractivity (Wildman–Crippen MR) is 102 cm³/mol. The zero-order chi connectivity index (χ0) is 18.2. The van der Waals surface area contributed by atoms with Crippen molar-refractivity contribution in [1.82, 2.24) is 9.80 Å². The fourth-order valence-electron chi connectivity index (χ4n) is 3.23. The highest BCUT2D eigenvalue weighted by Crippen LogP contribution is 2.19. The summed E-state index contributed by atoms with van der Waals surface area (Å²) in [5.41, 5.74) is 3.07. The first kappa shape index (κ1) is 19.4. The van der Waals surface area contributed by atoms with Gasteiger partial charge in [-0.05, 0) is 31.4 Å². The molecule has 1 aromatic carbocycles. The van der Waals surface area contributed by atoms with Crippen LogP contribution in [0.2, 0.25) is 0 Å². The van der Waals surface area contributed by atoms with Crippen LogP contribution >= 0.6 is 0 Å². The lowest BCUT2D eigenvalue weighted by molar-refractivity contribution is -0.133. The van der Waals surface area contributed by atoms with Crippen LogP contribution in [0, 0.1) is 13.8 Å².